The summed E-state index contributed by atoms with van der Waals surface area (Å²) in [5.41, 5.74) is 5.10. The van der Waals surface area contributed by atoms with Gasteiger partial charge in [-0.2, -0.15) is 0 Å². The summed E-state index contributed by atoms with van der Waals surface area (Å²) in [6, 6.07) is 17.4. The van der Waals surface area contributed by atoms with Crippen molar-refractivity contribution < 1.29 is 9.44 Å². The zero-order chi connectivity index (χ0) is 20.3. The molecular formula is C24H31N3O2. The Morgan fingerprint density at radius 3 is 2.52 bits per heavy atom. The molecule has 1 fully saturated rings. The summed E-state index contributed by atoms with van der Waals surface area (Å²) < 4.78 is -0.0698. The summed E-state index contributed by atoms with van der Waals surface area (Å²) in [6.45, 7) is 5.24. The Kier molecular flexibility index (Phi) is 5.88. The summed E-state index contributed by atoms with van der Waals surface area (Å²) in [4.78, 5) is 13.5. The van der Waals surface area contributed by atoms with Crippen LogP contribution in [-0.2, 0) is 24.2 Å². The van der Waals surface area contributed by atoms with Crippen molar-refractivity contribution in [3.63, 3.8) is 0 Å². The summed E-state index contributed by atoms with van der Waals surface area (Å²) in [7, 11) is 0. The number of nitrogens with zero attached hydrogens (tertiary/aromatic N) is 2. The smallest absolute Gasteiger partial charge is 0.217 e. The number of carbonyl (C=O) groups is 1. The van der Waals surface area contributed by atoms with Crippen molar-refractivity contribution in [1.82, 2.24) is 5.32 Å². The second-order valence-corrected chi connectivity index (χ2v) is 8.51. The van der Waals surface area contributed by atoms with Gasteiger partial charge in [-0.25, -0.2) is 0 Å². The van der Waals surface area contributed by atoms with Gasteiger partial charge >= 0.3 is 0 Å². The van der Waals surface area contributed by atoms with E-state index in [1.807, 2.05) is 12.1 Å². The van der Waals surface area contributed by atoms with Crippen molar-refractivity contribution >= 4 is 11.6 Å². The molecule has 29 heavy (non-hydrogen) atoms. The van der Waals surface area contributed by atoms with Gasteiger partial charge in [0.25, 0.3) is 0 Å². The molecule has 5 nitrogen and oxygen atoms in total. The normalized spacial score (nSPS) is 23.7. The van der Waals surface area contributed by atoms with Crippen LogP contribution in [-0.4, -0.2) is 42.8 Å². The van der Waals surface area contributed by atoms with Crippen molar-refractivity contribution in [2.45, 2.75) is 45.2 Å². The highest BCUT2D eigenvalue weighted by Gasteiger charge is 2.33. The van der Waals surface area contributed by atoms with Crippen molar-refractivity contribution in [3.8, 4) is 0 Å². The first-order valence-electron chi connectivity index (χ1n) is 10.8. The number of amides is 1. The SMILES string of the molecule is CC(=O)NCc1ccc(CC[N+]2([O-])CCC(N3CCc4ccccc43)CC2)cc1. The minimum atomic E-state index is -0.0698. The maximum atomic E-state index is 13.2. The molecule has 2 aliphatic rings. The van der Waals surface area contributed by atoms with Gasteiger partial charge in [0.15, 0.2) is 0 Å². The number of hydroxylamine groups is 3. The molecule has 2 aromatic rings. The Balaban J connectivity index is 1.27. The average molecular weight is 394 g/mol. The van der Waals surface area contributed by atoms with Crippen LogP contribution >= 0.6 is 0 Å². The molecule has 1 N–H and O–H groups in total. The third kappa shape index (κ3) is 4.80. The molecule has 0 aromatic heterocycles. The number of para-hydroxylation sites is 1. The summed E-state index contributed by atoms with van der Waals surface area (Å²) in [5.74, 6) is -0.0207. The first-order chi connectivity index (χ1) is 14.0. The van der Waals surface area contributed by atoms with Crippen LogP contribution in [0.5, 0.6) is 0 Å². The Morgan fingerprint density at radius 1 is 1.10 bits per heavy atom. The van der Waals surface area contributed by atoms with Crippen molar-refractivity contribution in [1.29, 1.82) is 0 Å². The molecule has 0 unspecified atom stereocenters. The number of fused-ring (bicyclic) bond motifs is 1. The number of anilines is 1. The number of likely N-dealkylation sites (tertiary alicyclic amines) is 1. The van der Waals surface area contributed by atoms with Gasteiger partial charge in [-0.1, -0.05) is 42.5 Å². The summed E-state index contributed by atoms with van der Waals surface area (Å²) in [5, 5.41) is 16.0. The van der Waals surface area contributed by atoms with E-state index >= 15 is 0 Å². The number of rotatable bonds is 6. The maximum absolute atomic E-state index is 13.2. The fraction of sp³-hybridized carbons (Fsp3) is 0.458. The van der Waals surface area contributed by atoms with E-state index in [9.17, 15) is 10.0 Å². The average Bonchev–Trinajstić information content (AvgIpc) is 3.16. The van der Waals surface area contributed by atoms with Gasteiger partial charge in [-0.05, 0) is 29.2 Å². The van der Waals surface area contributed by atoms with E-state index in [1.54, 1.807) is 0 Å². The first-order valence-corrected chi connectivity index (χ1v) is 10.8. The number of quaternary nitrogens is 1. The standard InChI is InChI=1S/C24H31N3O2/c1-19(28)25-18-21-8-6-20(7-9-21)11-15-27(29)16-12-23(13-17-27)26-14-10-22-4-2-3-5-24(22)26/h2-9,23H,10-18H2,1H3,(H,25,28). The highest BCUT2D eigenvalue weighted by atomic mass is 16.5. The van der Waals surface area contributed by atoms with Gasteiger partial charge in [0.1, 0.15) is 0 Å². The van der Waals surface area contributed by atoms with Gasteiger partial charge in [-0.3, -0.25) is 4.79 Å². The number of carbonyl (C=O) groups excluding carboxylic acids is 1. The van der Waals surface area contributed by atoms with Crippen LogP contribution in [0.2, 0.25) is 0 Å². The molecule has 1 saturated heterocycles. The molecular weight excluding hydrogens is 362 g/mol. The lowest BCUT2D eigenvalue weighted by Crippen LogP contribution is -2.53. The van der Waals surface area contributed by atoms with Crippen molar-refractivity contribution in [3.05, 3.63) is 70.4 Å². The predicted molar refractivity (Wildman–Crippen MR) is 116 cm³/mol. The lowest BCUT2D eigenvalue weighted by atomic mass is 10.0. The molecule has 0 aliphatic carbocycles. The number of hydrogen-bond donors (Lipinski definition) is 1. The maximum Gasteiger partial charge on any atom is 0.217 e. The molecule has 154 valence electrons. The van der Waals surface area contributed by atoms with E-state index < -0.39 is 0 Å². The summed E-state index contributed by atoms with van der Waals surface area (Å²) in [6.07, 6.45) is 3.89. The first kappa shape index (κ1) is 19.9. The van der Waals surface area contributed by atoms with Crippen LogP contribution in [0.4, 0.5) is 5.69 Å². The van der Waals surface area contributed by atoms with Gasteiger partial charge < -0.3 is 20.1 Å². The molecule has 4 rings (SSSR count). The van der Waals surface area contributed by atoms with Crippen molar-refractivity contribution in [2.24, 2.45) is 0 Å². The van der Waals surface area contributed by atoms with E-state index in [0.717, 1.165) is 37.8 Å². The van der Waals surface area contributed by atoms with Crippen LogP contribution in [0.3, 0.4) is 0 Å². The number of piperidine rings is 1. The highest BCUT2D eigenvalue weighted by molar-refractivity contribution is 5.72. The zero-order valence-electron chi connectivity index (χ0n) is 17.3. The lowest BCUT2D eigenvalue weighted by molar-refractivity contribution is -0.885. The van der Waals surface area contributed by atoms with Crippen LogP contribution in [0.25, 0.3) is 0 Å². The fourth-order valence-corrected chi connectivity index (χ4v) is 4.69. The molecule has 0 bridgehead atoms. The number of benzene rings is 2. The van der Waals surface area contributed by atoms with E-state index in [2.05, 4.69) is 46.6 Å². The topological polar surface area (TPSA) is 55.4 Å². The lowest BCUT2D eigenvalue weighted by Gasteiger charge is -2.49. The molecule has 5 heteroatoms. The van der Waals surface area contributed by atoms with Gasteiger partial charge in [-0.15, -0.1) is 0 Å². The number of hydrogen-bond acceptors (Lipinski definition) is 3. The van der Waals surface area contributed by atoms with Gasteiger partial charge in [0.05, 0.1) is 19.6 Å². The Morgan fingerprint density at radius 2 is 1.79 bits per heavy atom. The summed E-state index contributed by atoms with van der Waals surface area (Å²) >= 11 is 0. The Labute approximate surface area is 173 Å². The second-order valence-electron chi connectivity index (χ2n) is 8.51. The minimum Gasteiger partial charge on any atom is -0.633 e. The van der Waals surface area contributed by atoms with E-state index in [4.69, 9.17) is 0 Å². The molecule has 0 spiro atoms. The molecule has 2 heterocycles. The molecule has 2 aromatic carbocycles. The van der Waals surface area contributed by atoms with Crippen molar-refractivity contribution in [2.75, 3.05) is 31.1 Å². The largest absolute Gasteiger partial charge is 0.633 e. The molecule has 0 radical (unpaired) electrons. The van der Waals surface area contributed by atoms with Gasteiger partial charge in [0.2, 0.25) is 5.91 Å². The van der Waals surface area contributed by atoms with Gasteiger partial charge in [0, 0.05) is 51.0 Å². The minimum absolute atomic E-state index is 0.0207. The van der Waals surface area contributed by atoms with Crippen LogP contribution in [0.15, 0.2) is 48.5 Å². The molecule has 0 saturated carbocycles. The van der Waals surface area contributed by atoms with Crippen LogP contribution in [0.1, 0.15) is 36.5 Å². The second kappa shape index (κ2) is 8.56. The Hall–Kier alpha value is -2.37. The molecule has 2 aliphatic heterocycles. The third-order valence-electron chi connectivity index (χ3n) is 6.48. The monoisotopic (exact) mass is 393 g/mol. The molecule has 1 amide bonds. The number of nitrogens with one attached hydrogen (secondary N) is 1. The third-order valence-corrected chi connectivity index (χ3v) is 6.48. The van der Waals surface area contributed by atoms with E-state index in [0.29, 0.717) is 32.2 Å². The molecule has 0 atom stereocenters. The fourth-order valence-electron chi connectivity index (χ4n) is 4.69. The van der Waals surface area contributed by atoms with Crippen LogP contribution in [0, 0.1) is 5.21 Å². The van der Waals surface area contributed by atoms with E-state index in [-0.39, 0.29) is 10.6 Å². The Bertz CT molecular complexity index is 841. The quantitative estimate of drug-likeness (QED) is 0.604. The predicted octanol–water partition coefficient (Wildman–Crippen LogP) is 3.40. The van der Waals surface area contributed by atoms with Crippen LogP contribution < -0.4 is 10.2 Å². The van der Waals surface area contributed by atoms with E-state index in [1.165, 1.54) is 23.7 Å². The highest BCUT2D eigenvalue weighted by Crippen LogP contribution is 2.33. The zero-order valence-corrected chi connectivity index (χ0v) is 17.3.